The second kappa shape index (κ2) is 10.6. The van der Waals surface area contributed by atoms with Gasteiger partial charge in [-0.25, -0.2) is 17.8 Å². The Morgan fingerprint density at radius 1 is 1.14 bits per heavy atom. The van der Waals surface area contributed by atoms with Gasteiger partial charge in [-0.15, -0.1) is 0 Å². The lowest BCUT2D eigenvalue weighted by atomic mass is 9.82. The van der Waals surface area contributed by atoms with Gasteiger partial charge in [0.05, 0.1) is 6.54 Å². The minimum Gasteiger partial charge on any atom is -0.381 e. The van der Waals surface area contributed by atoms with Crippen LogP contribution in [0.1, 0.15) is 60.4 Å². The van der Waals surface area contributed by atoms with Gasteiger partial charge in [-0.3, -0.25) is 4.68 Å². The number of benzene rings is 2. The van der Waals surface area contributed by atoms with Crippen LogP contribution in [0.4, 0.5) is 4.39 Å². The molecule has 0 bridgehead atoms. The van der Waals surface area contributed by atoms with Gasteiger partial charge in [0.25, 0.3) is 0 Å². The van der Waals surface area contributed by atoms with Crippen LogP contribution in [0.3, 0.4) is 0 Å². The highest BCUT2D eigenvalue weighted by Gasteiger charge is 2.41. The normalized spacial score (nSPS) is 23.6. The number of hydrogen-bond acceptors (Lipinski definition) is 6. The van der Waals surface area contributed by atoms with E-state index in [1.54, 1.807) is 16.8 Å². The molecule has 2 atom stereocenters. The molecule has 0 saturated carbocycles. The van der Waals surface area contributed by atoms with Crippen LogP contribution in [-0.2, 0) is 40.4 Å². The van der Waals surface area contributed by atoms with Crippen LogP contribution in [0.25, 0.3) is 0 Å². The van der Waals surface area contributed by atoms with Crippen LogP contribution in [0, 0.1) is 5.82 Å². The lowest BCUT2D eigenvalue weighted by Crippen LogP contribution is -2.47. The van der Waals surface area contributed by atoms with Crippen molar-refractivity contribution in [3.05, 3.63) is 83.2 Å². The van der Waals surface area contributed by atoms with Crippen LogP contribution in [-0.4, -0.2) is 46.7 Å². The molecule has 2 aliphatic heterocycles. The summed E-state index contributed by atoms with van der Waals surface area (Å²) in [6.07, 6.45) is 4.20. The van der Waals surface area contributed by atoms with Gasteiger partial charge in [0, 0.05) is 44.0 Å². The Kier molecular flexibility index (Phi) is 7.44. The van der Waals surface area contributed by atoms with Gasteiger partial charge >= 0.3 is 0 Å². The average Bonchev–Trinajstić information content (AvgIpc) is 3.31. The molecule has 8 nitrogen and oxygen atoms in total. The van der Waals surface area contributed by atoms with Gasteiger partial charge in [-0.2, -0.15) is 9.40 Å². The van der Waals surface area contributed by atoms with E-state index in [1.165, 1.54) is 10.6 Å². The number of aromatic nitrogens is 3. The van der Waals surface area contributed by atoms with E-state index in [4.69, 9.17) is 4.74 Å². The van der Waals surface area contributed by atoms with Crippen molar-refractivity contribution in [1.82, 2.24) is 24.4 Å². The lowest BCUT2D eigenvalue weighted by molar-refractivity contribution is 0.0352. The van der Waals surface area contributed by atoms with Crippen molar-refractivity contribution in [3.63, 3.8) is 0 Å². The van der Waals surface area contributed by atoms with Gasteiger partial charge in [-0.05, 0) is 49.8 Å². The maximum absolute atomic E-state index is 15.6. The second-order valence-electron chi connectivity index (χ2n) is 10.1. The highest BCUT2D eigenvalue weighted by molar-refractivity contribution is 7.89. The molecule has 0 aliphatic carbocycles. The SMILES string of the molecule is C[C@H]1CC[C@H](c2ccccc2)S(=O)(=O)N1Cc1ccc(C2(NCc3ncnn3C)CCOCC2)cc1F. The molecule has 2 aromatic carbocycles. The predicted molar refractivity (Wildman–Crippen MR) is 138 cm³/mol. The van der Waals surface area contributed by atoms with Crippen LogP contribution < -0.4 is 5.32 Å². The molecule has 198 valence electrons. The summed E-state index contributed by atoms with van der Waals surface area (Å²) < 4.78 is 51.6. The molecule has 0 radical (unpaired) electrons. The van der Waals surface area contributed by atoms with E-state index in [0.29, 0.717) is 44.6 Å². The number of rotatable bonds is 7. The largest absolute Gasteiger partial charge is 0.381 e. The second-order valence-corrected chi connectivity index (χ2v) is 12.1. The number of sulfonamides is 1. The zero-order valence-electron chi connectivity index (χ0n) is 21.3. The Labute approximate surface area is 217 Å². The Hall–Kier alpha value is -2.66. The highest BCUT2D eigenvalue weighted by atomic mass is 32.2. The summed E-state index contributed by atoms with van der Waals surface area (Å²) in [5, 5.41) is 7.11. The summed E-state index contributed by atoms with van der Waals surface area (Å²) in [7, 11) is -1.80. The summed E-state index contributed by atoms with van der Waals surface area (Å²) in [5.41, 5.74) is 1.52. The third kappa shape index (κ3) is 5.20. The zero-order valence-corrected chi connectivity index (χ0v) is 22.1. The molecule has 3 aromatic rings. The molecule has 10 heteroatoms. The number of hydrogen-bond donors (Lipinski definition) is 1. The fraction of sp³-hybridized carbons (Fsp3) is 0.481. The van der Waals surface area contributed by atoms with Crippen molar-refractivity contribution in [2.75, 3.05) is 13.2 Å². The van der Waals surface area contributed by atoms with Crippen LogP contribution in [0.15, 0.2) is 54.9 Å². The summed E-state index contributed by atoms with van der Waals surface area (Å²) in [6, 6.07) is 14.3. The molecule has 0 unspecified atom stereocenters. The monoisotopic (exact) mass is 527 g/mol. The maximum atomic E-state index is 15.6. The molecule has 1 aromatic heterocycles. The molecule has 2 saturated heterocycles. The van der Waals surface area contributed by atoms with Crippen molar-refractivity contribution in [1.29, 1.82) is 0 Å². The van der Waals surface area contributed by atoms with Gasteiger partial charge in [0.2, 0.25) is 10.0 Å². The summed E-state index contributed by atoms with van der Waals surface area (Å²) >= 11 is 0. The zero-order chi connectivity index (χ0) is 26.0. The average molecular weight is 528 g/mol. The van der Waals surface area contributed by atoms with E-state index < -0.39 is 26.6 Å². The van der Waals surface area contributed by atoms with Crippen molar-refractivity contribution in [2.45, 2.75) is 62.5 Å². The van der Waals surface area contributed by atoms with Crippen molar-refractivity contribution in [2.24, 2.45) is 7.05 Å². The molecular weight excluding hydrogens is 493 g/mol. The fourth-order valence-corrected chi connectivity index (χ4v) is 7.70. The van der Waals surface area contributed by atoms with E-state index in [-0.39, 0.29) is 12.6 Å². The van der Waals surface area contributed by atoms with E-state index in [9.17, 15) is 8.42 Å². The molecule has 2 fully saturated rings. The predicted octanol–water partition coefficient (Wildman–Crippen LogP) is 3.81. The lowest BCUT2D eigenvalue weighted by Gasteiger charge is -2.39. The Morgan fingerprint density at radius 2 is 1.89 bits per heavy atom. The van der Waals surface area contributed by atoms with Gasteiger partial charge in [0.1, 0.15) is 23.2 Å². The minimum absolute atomic E-state index is 0.0153. The van der Waals surface area contributed by atoms with Gasteiger partial charge < -0.3 is 10.1 Å². The van der Waals surface area contributed by atoms with E-state index in [0.717, 1.165) is 23.4 Å². The molecule has 0 spiro atoms. The van der Waals surface area contributed by atoms with Crippen LogP contribution in [0.5, 0.6) is 0 Å². The van der Waals surface area contributed by atoms with Crippen molar-refractivity contribution in [3.8, 4) is 0 Å². The van der Waals surface area contributed by atoms with Crippen molar-refractivity contribution >= 4 is 10.0 Å². The van der Waals surface area contributed by atoms with E-state index in [1.807, 2.05) is 50.4 Å². The first-order valence-corrected chi connectivity index (χ1v) is 14.3. The van der Waals surface area contributed by atoms with Gasteiger partial charge in [-0.1, -0.05) is 42.5 Å². The van der Waals surface area contributed by atoms with Gasteiger partial charge in [0.15, 0.2) is 0 Å². The smallest absolute Gasteiger partial charge is 0.221 e. The molecular formula is C27H34FN5O3S. The van der Waals surface area contributed by atoms with Crippen LogP contribution >= 0.6 is 0 Å². The number of ether oxygens (including phenoxy) is 1. The summed E-state index contributed by atoms with van der Waals surface area (Å²) in [6.45, 7) is 3.54. The molecule has 2 aliphatic rings. The third-order valence-corrected chi connectivity index (χ3v) is 10.2. The molecule has 1 N–H and O–H groups in total. The Bertz CT molecular complexity index is 1320. The maximum Gasteiger partial charge on any atom is 0.221 e. The topological polar surface area (TPSA) is 89.4 Å². The molecule has 0 amide bonds. The number of nitrogens with zero attached hydrogens (tertiary/aromatic N) is 4. The Morgan fingerprint density at radius 3 is 2.57 bits per heavy atom. The number of nitrogens with one attached hydrogen (secondary N) is 1. The van der Waals surface area contributed by atoms with Crippen LogP contribution in [0.2, 0.25) is 0 Å². The van der Waals surface area contributed by atoms with E-state index in [2.05, 4.69) is 15.4 Å². The Balaban J connectivity index is 1.39. The first-order valence-electron chi connectivity index (χ1n) is 12.8. The number of halogens is 1. The molecule has 37 heavy (non-hydrogen) atoms. The first kappa shape index (κ1) is 26.0. The van der Waals surface area contributed by atoms with E-state index >= 15 is 4.39 Å². The number of aryl methyl sites for hydroxylation is 1. The molecule has 5 rings (SSSR count). The first-order chi connectivity index (χ1) is 17.8. The van der Waals surface area contributed by atoms with Crippen molar-refractivity contribution < 1.29 is 17.5 Å². The molecule has 3 heterocycles. The fourth-order valence-electron chi connectivity index (χ4n) is 5.51. The minimum atomic E-state index is -3.64. The standard InChI is InChI=1S/C27H34FN5O3S/c1-20-8-11-25(21-6-4-3-5-7-21)37(34,35)33(20)18-22-9-10-23(16-24(22)28)27(12-14-36-15-13-27)30-17-26-29-19-31-32(26)2/h3-7,9-10,16,19-20,25,30H,8,11-15,17-18H2,1-2H3/t20-,25+/m0/s1. The summed E-state index contributed by atoms with van der Waals surface area (Å²) in [5.74, 6) is 0.397. The third-order valence-electron chi connectivity index (χ3n) is 7.86. The quantitative estimate of drug-likeness (QED) is 0.503. The summed E-state index contributed by atoms with van der Waals surface area (Å²) in [4.78, 5) is 4.29. The highest BCUT2D eigenvalue weighted by Crippen LogP contribution is 2.39.